The summed E-state index contributed by atoms with van der Waals surface area (Å²) in [5, 5.41) is 0. The first-order valence-corrected chi connectivity index (χ1v) is 3.07. The fourth-order valence-electron chi connectivity index (χ4n) is 0.671. The van der Waals surface area contributed by atoms with Crippen LogP contribution in [-0.4, -0.2) is 24.5 Å². The maximum atomic E-state index is 2.38. The third-order valence-corrected chi connectivity index (χ3v) is 1.34. The fraction of sp³-hybridized carbons (Fsp3) is 1.00. The summed E-state index contributed by atoms with van der Waals surface area (Å²) in [5.41, 5.74) is 0. The van der Waals surface area contributed by atoms with Crippen LogP contribution in [0.3, 0.4) is 0 Å². The van der Waals surface area contributed by atoms with E-state index in [1.165, 1.54) is 19.6 Å². The first-order valence-electron chi connectivity index (χ1n) is 3.07. The van der Waals surface area contributed by atoms with Gasteiger partial charge in [-0.15, -0.1) is 0 Å². The number of rotatable bonds is 3. The zero-order valence-electron chi connectivity index (χ0n) is 7.57. The van der Waals surface area contributed by atoms with Crippen molar-refractivity contribution in [1.29, 1.82) is 0 Å². The first kappa shape index (κ1) is 11.4. The zero-order valence-corrected chi connectivity index (χ0v) is 6.57. The molecule has 0 amide bonds. The summed E-state index contributed by atoms with van der Waals surface area (Å²) in [6.45, 7) is 10.1. The van der Waals surface area contributed by atoms with Gasteiger partial charge in [0.15, 0.2) is 0 Å². The van der Waals surface area contributed by atoms with Crippen molar-refractivity contribution in [3.05, 3.63) is 0 Å². The molecular weight excluding hydrogens is 93.0 g/mol. The number of nitrogens with zero attached hydrogens (tertiary/aromatic N) is 1. The van der Waals surface area contributed by atoms with Crippen molar-refractivity contribution in [2.75, 3.05) is 19.6 Å². The minimum absolute atomic E-state index is 0. The second-order valence-electron chi connectivity index (χ2n) is 1.62. The second-order valence-corrected chi connectivity index (χ2v) is 1.62. The van der Waals surface area contributed by atoms with Crippen LogP contribution in [0.4, 0.5) is 0 Å². The van der Waals surface area contributed by atoms with Crippen LogP contribution in [0, 0.1) is 0 Å². The van der Waals surface area contributed by atoms with E-state index in [0.29, 0.717) is 0 Å². The zero-order chi connectivity index (χ0) is 5.70. The predicted molar refractivity (Wildman–Crippen MR) is 34.6 cm³/mol. The molecule has 0 aliphatic carbocycles. The Labute approximate surface area is 66.1 Å². The van der Waals surface area contributed by atoms with E-state index in [9.17, 15) is 0 Å². The van der Waals surface area contributed by atoms with E-state index in [1.807, 2.05) is 0 Å². The van der Waals surface area contributed by atoms with Crippen molar-refractivity contribution in [3.8, 4) is 0 Å². The van der Waals surface area contributed by atoms with Crippen LogP contribution in [0.25, 0.3) is 0 Å². The van der Waals surface area contributed by atoms with Gasteiger partial charge in [-0.3, -0.25) is 0 Å². The van der Waals surface area contributed by atoms with Crippen molar-refractivity contribution in [3.63, 3.8) is 0 Å². The molecule has 0 heterocycles. The third kappa shape index (κ3) is 4.71. The molecule has 0 fully saturated rings. The van der Waals surface area contributed by atoms with Gasteiger partial charge in [-0.2, -0.15) is 0 Å². The van der Waals surface area contributed by atoms with Gasteiger partial charge in [0, 0.05) is 0 Å². The summed E-state index contributed by atoms with van der Waals surface area (Å²) in [4.78, 5) is 2.38. The average Bonchev–Trinajstić information content (AvgIpc) is 1.72. The molecule has 0 atom stereocenters. The van der Waals surface area contributed by atoms with Gasteiger partial charge < -0.3 is 6.33 Å². The molecule has 0 aromatic rings. The summed E-state index contributed by atoms with van der Waals surface area (Å²) >= 11 is 0. The summed E-state index contributed by atoms with van der Waals surface area (Å²) in [6, 6.07) is 0. The van der Waals surface area contributed by atoms with Crippen molar-refractivity contribution in [2.24, 2.45) is 0 Å². The minimum atomic E-state index is 0. The standard InChI is InChI=1S/C6H15N.Li.H/c1-4-7(5-2)6-3;;/h4-6H2,1-3H3;;/q;+1;-1. The van der Waals surface area contributed by atoms with Crippen LogP contribution in [0.5, 0.6) is 0 Å². The fourth-order valence-corrected chi connectivity index (χ4v) is 0.671. The molecule has 0 unspecified atom stereocenters. The monoisotopic (exact) mass is 109 g/mol. The molecule has 46 valence electrons. The summed E-state index contributed by atoms with van der Waals surface area (Å²) < 4.78 is 0. The molecule has 0 saturated heterocycles. The van der Waals surface area contributed by atoms with E-state index in [4.69, 9.17) is 0 Å². The quantitative estimate of drug-likeness (QED) is 0.397. The number of hydrogen-bond donors (Lipinski definition) is 0. The van der Waals surface area contributed by atoms with Crippen molar-refractivity contribution < 1.29 is 20.3 Å². The van der Waals surface area contributed by atoms with Gasteiger partial charge in [0.25, 0.3) is 0 Å². The van der Waals surface area contributed by atoms with Crippen LogP contribution in [0.1, 0.15) is 22.2 Å². The van der Waals surface area contributed by atoms with Crippen LogP contribution in [0.2, 0.25) is 0 Å². The van der Waals surface area contributed by atoms with Crippen LogP contribution in [0.15, 0.2) is 0 Å². The minimum Gasteiger partial charge on any atom is -1.00 e. The molecule has 0 N–H and O–H groups in total. The van der Waals surface area contributed by atoms with E-state index in [2.05, 4.69) is 25.7 Å². The maximum absolute atomic E-state index is 2.38. The largest absolute Gasteiger partial charge is 1.00 e. The molecular formula is C6H16LiN. The van der Waals surface area contributed by atoms with E-state index in [1.54, 1.807) is 0 Å². The number of hydrogen-bond acceptors (Lipinski definition) is 1. The van der Waals surface area contributed by atoms with Gasteiger partial charge in [-0.25, -0.2) is 0 Å². The Morgan fingerprint density at radius 1 is 1.00 bits per heavy atom. The molecule has 0 aliphatic heterocycles. The SMILES string of the molecule is CCN(CC)CC.[H-].[Li+]. The third-order valence-electron chi connectivity index (χ3n) is 1.34. The van der Waals surface area contributed by atoms with Gasteiger partial charge in [-0.1, -0.05) is 20.8 Å². The Bertz CT molecular complexity index is 34.5. The van der Waals surface area contributed by atoms with Crippen LogP contribution < -0.4 is 18.9 Å². The molecule has 0 radical (unpaired) electrons. The van der Waals surface area contributed by atoms with Gasteiger partial charge in [0.2, 0.25) is 0 Å². The molecule has 0 aromatic heterocycles. The topological polar surface area (TPSA) is 3.24 Å². The smallest absolute Gasteiger partial charge is 1.00 e. The van der Waals surface area contributed by atoms with E-state index < -0.39 is 0 Å². The van der Waals surface area contributed by atoms with E-state index in [0.717, 1.165) is 0 Å². The predicted octanol–water partition coefficient (Wildman–Crippen LogP) is -1.54. The molecule has 0 saturated carbocycles. The summed E-state index contributed by atoms with van der Waals surface area (Å²) in [7, 11) is 0. The van der Waals surface area contributed by atoms with Gasteiger partial charge >= 0.3 is 18.9 Å². The van der Waals surface area contributed by atoms with E-state index in [-0.39, 0.29) is 20.3 Å². The summed E-state index contributed by atoms with van der Waals surface area (Å²) in [5.74, 6) is 0. The van der Waals surface area contributed by atoms with Gasteiger partial charge in [0.05, 0.1) is 0 Å². The first-order chi connectivity index (χ1) is 3.35. The molecule has 0 spiro atoms. The second kappa shape index (κ2) is 7.56. The Hall–Kier alpha value is 0.557. The van der Waals surface area contributed by atoms with Crippen molar-refractivity contribution in [2.45, 2.75) is 20.8 Å². The van der Waals surface area contributed by atoms with Crippen molar-refractivity contribution in [1.82, 2.24) is 4.90 Å². The Kier molecular flexibility index (Phi) is 10.7. The molecule has 1 nitrogen and oxygen atoms in total. The normalized spacial score (nSPS) is 9.00. The maximum Gasteiger partial charge on any atom is 1.00 e. The van der Waals surface area contributed by atoms with E-state index >= 15 is 0 Å². The Morgan fingerprint density at radius 2 is 1.25 bits per heavy atom. The average molecular weight is 109 g/mol. The molecule has 0 aromatic carbocycles. The summed E-state index contributed by atoms with van der Waals surface area (Å²) in [6.07, 6.45) is 0. The molecule has 0 bridgehead atoms. The van der Waals surface area contributed by atoms with Crippen LogP contribution in [-0.2, 0) is 0 Å². The Morgan fingerprint density at radius 3 is 1.25 bits per heavy atom. The Balaban J connectivity index is -0.000000180. The van der Waals surface area contributed by atoms with Gasteiger partial charge in [-0.05, 0) is 19.6 Å². The molecule has 2 heteroatoms. The van der Waals surface area contributed by atoms with Crippen molar-refractivity contribution >= 4 is 0 Å². The van der Waals surface area contributed by atoms with Crippen LogP contribution >= 0.6 is 0 Å². The molecule has 0 aliphatic rings. The molecule has 8 heavy (non-hydrogen) atoms. The van der Waals surface area contributed by atoms with Gasteiger partial charge in [0.1, 0.15) is 0 Å². The molecule has 0 rings (SSSR count).